The Hall–Kier alpha value is -0.930. The molecule has 2 heterocycles. The lowest BCUT2D eigenvalue weighted by atomic mass is 10.0. The monoisotopic (exact) mass is 291 g/mol. The average Bonchev–Trinajstić information content (AvgIpc) is 2.41. The number of hydrogen-bond donors (Lipinski definition) is 0. The number of halogens is 1. The van der Waals surface area contributed by atoms with Crippen LogP contribution in [0.1, 0.15) is 31.1 Å². The zero-order valence-electron chi connectivity index (χ0n) is 9.53. The summed E-state index contributed by atoms with van der Waals surface area (Å²) in [6.45, 7) is 0.858. The van der Waals surface area contributed by atoms with Crippen LogP contribution in [0.4, 0.5) is 0 Å². The molecule has 1 aromatic heterocycles. The summed E-state index contributed by atoms with van der Waals surface area (Å²) in [5.41, 5.74) is 1.09. The van der Waals surface area contributed by atoms with Gasteiger partial charge in [-0.15, -0.1) is 0 Å². The number of benzene rings is 1. The number of pyridine rings is 1. The van der Waals surface area contributed by atoms with E-state index in [1.807, 2.05) is 6.20 Å². The van der Waals surface area contributed by atoms with Gasteiger partial charge in [0.2, 0.25) is 0 Å². The molecular weight excluding hydrogens is 278 g/mol. The minimum atomic E-state index is 0.168. The van der Waals surface area contributed by atoms with Crippen LogP contribution in [0.3, 0.4) is 0 Å². The summed E-state index contributed by atoms with van der Waals surface area (Å²) in [6.07, 6.45) is 5.54. The molecule has 17 heavy (non-hydrogen) atoms. The van der Waals surface area contributed by atoms with Crippen molar-refractivity contribution in [2.75, 3.05) is 6.61 Å². The summed E-state index contributed by atoms with van der Waals surface area (Å²) in [6, 6.07) is 8.36. The summed E-state index contributed by atoms with van der Waals surface area (Å²) < 4.78 is 6.88. The SMILES string of the molecule is Brc1cnc(C2CCCCO2)c2ccccc12. The van der Waals surface area contributed by atoms with Crippen LogP contribution >= 0.6 is 15.9 Å². The van der Waals surface area contributed by atoms with Crippen LogP contribution in [0.15, 0.2) is 34.9 Å². The third-order valence-electron chi connectivity index (χ3n) is 3.26. The Kier molecular flexibility index (Phi) is 3.12. The molecule has 1 unspecified atom stereocenters. The molecule has 0 bridgehead atoms. The number of fused-ring (bicyclic) bond motifs is 1. The second-order valence-corrected chi connectivity index (χ2v) is 5.25. The zero-order chi connectivity index (χ0) is 11.7. The van der Waals surface area contributed by atoms with E-state index in [1.54, 1.807) is 0 Å². The molecule has 1 atom stereocenters. The van der Waals surface area contributed by atoms with Crippen molar-refractivity contribution >= 4 is 26.7 Å². The second kappa shape index (κ2) is 4.75. The summed E-state index contributed by atoms with van der Waals surface area (Å²) in [7, 11) is 0. The van der Waals surface area contributed by atoms with Crippen molar-refractivity contribution in [2.24, 2.45) is 0 Å². The molecule has 1 aromatic carbocycles. The van der Waals surface area contributed by atoms with Gasteiger partial charge in [0.1, 0.15) is 6.10 Å². The maximum absolute atomic E-state index is 5.83. The van der Waals surface area contributed by atoms with Crippen LogP contribution in [0.2, 0.25) is 0 Å². The summed E-state index contributed by atoms with van der Waals surface area (Å²) >= 11 is 3.55. The van der Waals surface area contributed by atoms with E-state index in [0.29, 0.717) is 0 Å². The third-order valence-corrected chi connectivity index (χ3v) is 3.89. The highest BCUT2D eigenvalue weighted by Gasteiger charge is 2.20. The first kappa shape index (κ1) is 11.2. The summed E-state index contributed by atoms with van der Waals surface area (Å²) in [4.78, 5) is 4.56. The molecule has 3 heteroatoms. The number of ether oxygens (including phenoxy) is 1. The normalized spacial score (nSPS) is 20.6. The quantitative estimate of drug-likeness (QED) is 0.784. The van der Waals surface area contributed by atoms with Gasteiger partial charge in [0.05, 0.1) is 5.69 Å². The number of nitrogens with zero attached hydrogens (tertiary/aromatic N) is 1. The Morgan fingerprint density at radius 1 is 1.18 bits per heavy atom. The lowest BCUT2D eigenvalue weighted by Gasteiger charge is -2.23. The molecule has 1 aliphatic heterocycles. The molecule has 88 valence electrons. The molecule has 0 aliphatic carbocycles. The predicted molar refractivity (Wildman–Crippen MR) is 72.0 cm³/mol. The van der Waals surface area contributed by atoms with Crippen molar-refractivity contribution < 1.29 is 4.74 Å². The standard InChI is InChI=1S/C14H14BrNO/c15-12-9-16-14(13-7-3-4-8-17-13)11-6-2-1-5-10(11)12/h1-2,5-6,9,13H,3-4,7-8H2. The highest BCUT2D eigenvalue weighted by Crippen LogP contribution is 2.33. The van der Waals surface area contributed by atoms with E-state index in [0.717, 1.165) is 23.2 Å². The Labute approximate surface area is 109 Å². The Morgan fingerprint density at radius 2 is 2.00 bits per heavy atom. The second-order valence-electron chi connectivity index (χ2n) is 4.39. The largest absolute Gasteiger partial charge is 0.372 e. The first-order chi connectivity index (χ1) is 8.36. The lowest BCUT2D eigenvalue weighted by Crippen LogP contribution is -2.13. The number of hydrogen-bond acceptors (Lipinski definition) is 2. The van der Waals surface area contributed by atoms with Crippen LogP contribution in [0.25, 0.3) is 10.8 Å². The maximum atomic E-state index is 5.83. The Morgan fingerprint density at radius 3 is 2.76 bits per heavy atom. The molecule has 3 rings (SSSR count). The van der Waals surface area contributed by atoms with Gasteiger partial charge in [-0.05, 0) is 40.6 Å². The van der Waals surface area contributed by atoms with Gasteiger partial charge in [-0.3, -0.25) is 4.98 Å². The third kappa shape index (κ3) is 2.09. The molecule has 2 aromatic rings. The van der Waals surface area contributed by atoms with E-state index in [-0.39, 0.29) is 6.10 Å². The maximum Gasteiger partial charge on any atom is 0.100 e. The van der Waals surface area contributed by atoms with Gasteiger partial charge in [0, 0.05) is 22.7 Å². The molecule has 0 spiro atoms. The van der Waals surface area contributed by atoms with Crippen LogP contribution < -0.4 is 0 Å². The van der Waals surface area contributed by atoms with E-state index in [9.17, 15) is 0 Å². The van der Waals surface area contributed by atoms with Crippen molar-refractivity contribution in [3.63, 3.8) is 0 Å². The van der Waals surface area contributed by atoms with Crippen LogP contribution in [-0.2, 0) is 4.74 Å². The van der Waals surface area contributed by atoms with Crippen molar-refractivity contribution in [1.82, 2.24) is 4.98 Å². The van der Waals surface area contributed by atoms with E-state index in [1.165, 1.54) is 23.6 Å². The van der Waals surface area contributed by atoms with Gasteiger partial charge < -0.3 is 4.74 Å². The number of rotatable bonds is 1. The lowest BCUT2D eigenvalue weighted by molar-refractivity contribution is 0.0133. The molecule has 0 saturated carbocycles. The predicted octanol–water partition coefficient (Wildman–Crippen LogP) is 4.24. The van der Waals surface area contributed by atoms with Gasteiger partial charge in [-0.1, -0.05) is 24.3 Å². The van der Waals surface area contributed by atoms with Crippen LogP contribution in [-0.4, -0.2) is 11.6 Å². The summed E-state index contributed by atoms with van der Waals surface area (Å²) in [5, 5.41) is 2.42. The summed E-state index contributed by atoms with van der Waals surface area (Å²) in [5.74, 6) is 0. The van der Waals surface area contributed by atoms with Gasteiger partial charge in [-0.25, -0.2) is 0 Å². The van der Waals surface area contributed by atoms with E-state index in [4.69, 9.17) is 4.74 Å². The van der Waals surface area contributed by atoms with E-state index >= 15 is 0 Å². The molecule has 2 nitrogen and oxygen atoms in total. The fraction of sp³-hybridized carbons (Fsp3) is 0.357. The smallest absolute Gasteiger partial charge is 0.100 e. The average molecular weight is 292 g/mol. The van der Waals surface area contributed by atoms with Crippen molar-refractivity contribution in [2.45, 2.75) is 25.4 Å². The fourth-order valence-corrected chi connectivity index (χ4v) is 2.84. The minimum Gasteiger partial charge on any atom is -0.372 e. The van der Waals surface area contributed by atoms with Crippen molar-refractivity contribution in [3.8, 4) is 0 Å². The minimum absolute atomic E-state index is 0.168. The molecule has 0 amide bonds. The van der Waals surface area contributed by atoms with Gasteiger partial charge in [-0.2, -0.15) is 0 Å². The van der Waals surface area contributed by atoms with Gasteiger partial charge in [0.15, 0.2) is 0 Å². The highest BCUT2D eigenvalue weighted by atomic mass is 79.9. The van der Waals surface area contributed by atoms with Crippen molar-refractivity contribution in [1.29, 1.82) is 0 Å². The van der Waals surface area contributed by atoms with Gasteiger partial charge >= 0.3 is 0 Å². The molecular formula is C14H14BrNO. The van der Waals surface area contributed by atoms with Crippen molar-refractivity contribution in [3.05, 3.63) is 40.6 Å². The fourth-order valence-electron chi connectivity index (χ4n) is 2.39. The van der Waals surface area contributed by atoms with Crippen LogP contribution in [0.5, 0.6) is 0 Å². The molecule has 0 N–H and O–H groups in total. The number of aromatic nitrogens is 1. The molecule has 1 fully saturated rings. The zero-order valence-corrected chi connectivity index (χ0v) is 11.1. The van der Waals surface area contributed by atoms with Gasteiger partial charge in [0.25, 0.3) is 0 Å². The van der Waals surface area contributed by atoms with Crippen LogP contribution in [0, 0.1) is 0 Å². The van der Waals surface area contributed by atoms with E-state index < -0.39 is 0 Å². The van der Waals surface area contributed by atoms with E-state index in [2.05, 4.69) is 45.2 Å². The first-order valence-electron chi connectivity index (χ1n) is 6.01. The Bertz CT molecular complexity index is 535. The topological polar surface area (TPSA) is 22.1 Å². The molecule has 0 radical (unpaired) electrons. The molecule has 1 aliphatic rings. The molecule has 1 saturated heterocycles. The Balaban J connectivity index is 2.12. The highest BCUT2D eigenvalue weighted by molar-refractivity contribution is 9.10. The first-order valence-corrected chi connectivity index (χ1v) is 6.80.